The molecule has 0 radical (unpaired) electrons. The molecule has 1 saturated heterocycles. The van der Waals surface area contributed by atoms with Gasteiger partial charge in [0.25, 0.3) is 0 Å². The molecule has 1 N–H and O–H groups in total. The molecule has 1 aliphatic heterocycles. The standard InChI is InChI=1S/C16H25FN2O/c1-3-19(12-14-8-4-5-10-18-14)11-13-7-6-9-15(20-2)16(13)17/h6-7,9,14,18H,3-5,8,10-12H2,1-2H3. The summed E-state index contributed by atoms with van der Waals surface area (Å²) in [7, 11) is 1.51. The Morgan fingerprint density at radius 2 is 2.25 bits per heavy atom. The second kappa shape index (κ2) is 7.60. The van der Waals surface area contributed by atoms with Crippen LogP contribution in [0.25, 0.3) is 0 Å². The molecule has 0 aromatic heterocycles. The van der Waals surface area contributed by atoms with Crippen LogP contribution in [0, 0.1) is 5.82 Å². The molecule has 0 amide bonds. The number of nitrogens with one attached hydrogen (secondary N) is 1. The minimum Gasteiger partial charge on any atom is -0.494 e. The average Bonchev–Trinajstić information content (AvgIpc) is 2.49. The van der Waals surface area contributed by atoms with Crippen LogP contribution in [-0.2, 0) is 6.54 Å². The van der Waals surface area contributed by atoms with Gasteiger partial charge in [0.05, 0.1) is 7.11 Å². The maximum atomic E-state index is 14.2. The van der Waals surface area contributed by atoms with E-state index < -0.39 is 0 Å². The zero-order chi connectivity index (χ0) is 14.4. The monoisotopic (exact) mass is 280 g/mol. The first kappa shape index (κ1) is 15.3. The number of methoxy groups -OCH3 is 1. The quantitative estimate of drug-likeness (QED) is 0.867. The number of halogens is 1. The summed E-state index contributed by atoms with van der Waals surface area (Å²) in [6, 6.07) is 5.90. The van der Waals surface area contributed by atoms with E-state index in [1.54, 1.807) is 6.07 Å². The molecule has 1 aliphatic rings. The molecule has 0 bridgehead atoms. The van der Waals surface area contributed by atoms with Crippen LogP contribution >= 0.6 is 0 Å². The largest absolute Gasteiger partial charge is 0.494 e. The van der Waals surface area contributed by atoms with Gasteiger partial charge >= 0.3 is 0 Å². The summed E-state index contributed by atoms with van der Waals surface area (Å²) in [5.41, 5.74) is 0.710. The van der Waals surface area contributed by atoms with Crippen LogP contribution < -0.4 is 10.1 Å². The summed E-state index contributed by atoms with van der Waals surface area (Å²) in [6.45, 7) is 5.77. The van der Waals surface area contributed by atoms with Crippen molar-refractivity contribution in [2.75, 3.05) is 26.7 Å². The Bertz CT molecular complexity index is 419. The fraction of sp³-hybridized carbons (Fsp3) is 0.625. The van der Waals surface area contributed by atoms with E-state index in [4.69, 9.17) is 4.74 Å². The zero-order valence-electron chi connectivity index (χ0n) is 12.5. The van der Waals surface area contributed by atoms with E-state index in [-0.39, 0.29) is 5.82 Å². The molecular formula is C16H25FN2O. The van der Waals surface area contributed by atoms with E-state index in [0.717, 1.165) is 19.6 Å². The minimum atomic E-state index is -0.231. The molecule has 1 heterocycles. The van der Waals surface area contributed by atoms with E-state index >= 15 is 0 Å². The first-order chi connectivity index (χ1) is 9.74. The summed E-state index contributed by atoms with van der Waals surface area (Å²) in [5.74, 6) is 0.0967. The molecule has 20 heavy (non-hydrogen) atoms. The molecule has 0 saturated carbocycles. The number of nitrogens with zero attached hydrogens (tertiary/aromatic N) is 1. The molecule has 1 aromatic rings. The lowest BCUT2D eigenvalue weighted by Gasteiger charge is -2.30. The third kappa shape index (κ3) is 3.93. The molecule has 2 rings (SSSR count). The van der Waals surface area contributed by atoms with Crippen LogP contribution in [0.15, 0.2) is 18.2 Å². The van der Waals surface area contributed by atoms with Crippen LogP contribution in [0.1, 0.15) is 31.7 Å². The van der Waals surface area contributed by atoms with Crippen LogP contribution in [0.2, 0.25) is 0 Å². The van der Waals surface area contributed by atoms with Gasteiger partial charge in [-0.15, -0.1) is 0 Å². The summed E-state index contributed by atoms with van der Waals surface area (Å²) < 4.78 is 19.2. The highest BCUT2D eigenvalue weighted by atomic mass is 19.1. The van der Waals surface area contributed by atoms with Gasteiger partial charge in [0.15, 0.2) is 11.6 Å². The molecule has 4 heteroatoms. The van der Waals surface area contributed by atoms with Crippen LogP contribution in [-0.4, -0.2) is 37.7 Å². The third-order valence-corrected chi connectivity index (χ3v) is 4.00. The van der Waals surface area contributed by atoms with Crippen molar-refractivity contribution in [3.8, 4) is 5.75 Å². The van der Waals surface area contributed by atoms with E-state index in [9.17, 15) is 4.39 Å². The molecule has 0 aliphatic carbocycles. The molecule has 1 unspecified atom stereocenters. The molecule has 1 aromatic carbocycles. The van der Waals surface area contributed by atoms with Crippen molar-refractivity contribution in [2.24, 2.45) is 0 Å². The van der Waals surface area contributed by atoms with E-state index in [1.165, 1.54) is 26.4 Å². The van der Waals surface area contributed by atoms with Gasteiger partial charge in [-0.2, -0.15) is 0 Å². The van der Waals surface area contributed by atoms with Crippen molar-refractivity contribution in [1.82, 2.24) is 10.2 Å². The van der Waals surface area contributed by atoms with Crippen molar-refractivity contribution in [1.29, 1.82) is 0 Å². The molecule has 3 nitrogen and oxygen atoms in total. The lowest BCUT2D eigenvalue weighted by Crippen LogP contribution is -2.43. The van der Waals surface area contributed by atoms with Gasteiger partial charge in [-0.3, -0.25) is 4.90 Å². The zero-order valence-corrected chi connectivity index (χ0v) is 12.5. The normalized spacial score (nSPS) is 19.3. The summed E-state index contributed by atoms with van der Waals surface area (Å²) >= 11 is 0. The van der Waals surface area contributed by atoms with Crippen LogP contribution in [0.5, 0.6) is 5.75 Å². The lowest BCUT2D eigenvalue weighted by molar-refractivity contribution is 0.223. The number of hydrogen-bond acceptors (Lipinski definition) is 3. The van der Waals surface area contributed by atoms with Crippen molar-refractivity contribution < 1.29 is 9.13 Å². The molecule has 0 spiro atoms. The number of piperidine rings is 1. The highest BCUT2D eigenvalue weighted by molar-refractivity contribution is 5.30. The first-order valence-electron chi connectivity index (χ1n) is 7.51. The van der Waals surface area contributed by atoms with Gasteiger partial charge in [-0.1, -0.05) is 25.5 Å². The SMILES string of the molecule is CCN(Cc1cccc(OC)c1F)CC1CCCCN1. The minimum absolute atomic E-state index is 0.231. The van der Waals surface area contributed by atoms with Gasteiger partial charge in [0.2, 0.25) is 0 Å². The number of benzene rings is 1. The highest BCUT2D eigenvalue weighted by Crippen LogP contribution is 2.21. The Morgan fingerprint density at radius 3 is 2.90 bits per heavy atom. The topological polar surface area (TPSA) is 24.5 Å². The Hall–Kier alpha value is -1.13. The van der Waals surface area contributed by atoms with Gasteiger partial charge in [0, 0.05) is 24.7 Å². The summed E-state index contributed by atoms with van der Waals surface area (Å²) in [5, 5.41) is 3.55. The third-order valence-electron chi connectivity index (χ3n) is 4.00. The van der Waals surface area contributed by atoms with Gasteiger partial charge in [-0.05, 0) is 32.0 Å². The van der Waals surface area contributed by atoms with E-state index in [2.05, 4.69) is 17.1 Å². The Morgan fingerprint density at radius 1 is 1.40 bits per heavy atom. The number of likely N-dealkylation sites (N-methyl/N-ethyl adjacent to an activating group) is 1. The van der Waals surface area contributed by atoms with Crippen molar-refractivity contribution in [2.45, 2.75) is 38.8 Å². The van der Waals surface area contributed by atoms with Crippen LogP contribution in [0.4, 0.5) is 4.39 Å². The number of ether oxygens (including phenoxy) is 1. The Kier molecular flexibility index (Phi) is 5.80. The van der Waals surface area contributed by atoms with Crippen molar-refractivity contribution in [3.05, 3.63) is 29.6 Å². The maximum Gasteiger partial charge on any atom is 0.169 e. The van der Waals surface area contributed by atoms with Gasteiger partial charge < -0.3 is 10.1 Å². The lowest BCUT2D eigenvalue weighted by atomic mass is 10.0. The second-order valence-corrected chi connectivity index (χ2v) is 5.41. The summed E-state index contributed by atoms with van der Waals surface area (Å²) in [4.78, 5) is 2.29. The Balaban J connectivity index is 1.98. The molecule has 112 valence electrons. The fourth-order valence-corrected chi connectivity index (χ4v) is 2.77. The molecular weight excluding hydrogens is 255 g/mol. The second-order valence-electron chi connectivity index (χ2n) is 5.41. The number of rotatable bonds is 6. The van der Waals surface area contributed by atoms with Crippen molar-refractivity contribution >= 4 is 0 Å². The van der Waals surface area contributed by atoms with Crippen LogP contribution in [0.3, 0.4) is 0 Å². The smallest absolute Gasteiger partial charge is 0.169 e. The average molecular weight is 280 g/mol. The number of hydrogen-bond donors (Lipinski definition) is 1. The first-order valence-corrected chi connectivity index (χ1v) is 7.51. The van der Waals surface area contributed by atoms with Crippen molar-refractivity contribution in [3.63, 3.8) is 0 Å². The molecule has 1 fully saturated rings. The van der Waals surface area contributed by atoms with Gasteiger partial charge in [0.1, 0.15) is 0 Å². The summed E-state index contributed by atoms with van der Waals surface area (Å²) in [6.07, 6.45) is 3.78. The van der Waals surface area contributed by atoms with E-state index in [0.29, 0.717) is 23.9 Å². The highest BCUT2D eigenvalue weighted by Gasteiger charge is 2.17. The Labute approximate surface area is 121 Å². The maximum absolute atomic E-state index is 14.2. The predicted molar refractivity (Wildman–Crippen MR) is 79.5 cm³/mol. The van der Waals surface area contributed by atoms with Gasteiger partial charge in [-0.25, -0.2) is 4.39 Å². The van der Waals surface area contributed by atoms with E-state index in [1.807, 2.05) is 12.1 Å². The fourth-order valence-electron chi connectivity index (χ4n) is 2.77. The predicted octanol–water partition coefficient (Wildman–Crippen LogP) is 2.80. The molecule has 1 atom stereocenters.